The van der Waals surface area contributed by atoms with Crippen LogP contribution < -0.4 is 0 Å². The molecule has 1 fully saturated rings. The molecule has 0 heterocycles. The number of carbonyl (C=O) groups excluding carboxylic acids is 1. The van der Waals surface area contributed by atoms with Crippen molar-refractivity contribution in [2.45, 2.75) is 38.8 Å². The summed E-state index contributed by atoms with van der Waals surface area (Å²) in [6.07, 6.45) is 1.61. The molecule has 1 N–H and O–H groups in total. The zero-order valence-corrected chi connectivity index (χ0v) is 10.9. The van der Waals surface area contributed by atoms with Crippen molar-refractivity contribution < 1.29 is 19.1 Å². The summed E-state index contributed by atoms with van der Waals surface area (Å²) in [5.41, 5.74) is 1.01. The van der Waals surface area contributed by atoms with Crippen molar-refractivity contribution in [3.05, 3.63) is 35.1 Å². The smallest absolute Gasteiger partial charge is 0.331 e. The lowest BCUT2D eigenvalue weighted by atomic mass is 9.99. The maximum absolute atomic E-state index is 13.4. The largest absolute Gasteiger partial charge is 0.479 e. The summed E-state index contributed by atoms with van der Waals surface area (Å²) in [5.74, 6) is -1.92. The minimum Gasteiger partial charge on any atom is -0.479 e. The Hall–Kier alpha value is -1.91. The van der Waals surface area contributed by atoms with Gasteiger partial charge in [0.25, 0.3) is 0 Å². The lowest BCUT2D eigenvalue weighted by Gasteiger charge is -2.29. The van der Waals surface area contributed by atoms with Crippen LogP contribution in [0.1, 0.15) is 36.9 Å². The Morgan fingerprint density at radius 3 is 2.53 bits per heavy atom. The summed E-state index contributed by atoms with van der Waals surface area (Å²) >= 11 is 0. The highest BCUT2D eigenvalue weighted by Gasteiger charge is 2.40. The predicted octanol–water partition coefficient (Wildman–Crippen LogP) is 2.27. The first-order chi connectivity index (χ1) is 8.91. The molecule has 0 radical (unpaired) electrons. The molecule has 0 saturated heterocycles. The second-order valence-corrected chi connectivity index (χ2v) is 4.90. The third kappa shape index (κ3) is 2.75. The van der Waals surface area contributed by atoms with Crippen molar-refractivity contribution in [3.8, 4) is 0 Å². The van der Waals surface area contributed by atoms with Crippen molar-refractivity contribution in [1.29, 1.82) is 0 Å². The van der Waals surface area contributed by atoms with Crippen LogP contribution in [0.4, 0.5) is 4.39 Å². The van der Waals surface area contributed by atoms with E-state index in [4.69, 9.17) is 0 Å². The molecular weight excluding hydrogens is 249 g/mol. The van der Waals surface area contributed by atoms with Crippen molar-refractivity contribution in [2.75, 3.05) is 0 Å². The van der Waals surface area contributed by atoms with Crippen LogP contribution >= 0.6 is 0 Å². The minimum absolute atomic E-state index is 0.0405. The van der Waals surface area contributed by atoms with Gasteiger partial charge in [-0.3, -0.25) is 4.79 Å². The van der Waals surface area contributed by atoms with Crippen LogP contribution in [0, 0.1) is 12.7 Å². The Balaban J connectivity index is 2.47. The number of hydrogen-bond acceptors (Lipinski definition) is 2. The van der Waals surface area contributed by atoms with E-state index in [0.29, 0.717) is 11.1 Å². The Morgan fingerprint density at radius 2 is 2.05 bits per heavy atom. The Labute approximate surface area is 110 Å². The second-order valence-electron chi connectivity index (χ2n) is 4.90. The SMILES string of the molecule is CC(=O)N(C1CC1)C(C(=O)O)c1cc(F)ccc1C. The van der Waals surface area contributed by atoms with Crippen LogP contribution in [0.3, 0.4) is 0 Å². The Bertz CT molecular complexity index is 525. The molecule has 0 aliphatic heterocycles. The molecule has 1 saturated carbocycles. The van der Waals surface area contributed by atoms with Crippen LogP contribution in [0.15, 0.2) is 18.2 Å². The molecule has 0 bridgehead atoms. The van der Waals surface area contributed by atoms with Gasteiger partial charge in [0.15, 0.2) is 6.04 Å². The zero-order chi connectivity index (χ0) is 14.2. The fourth-order valence-electron chi connectivity index (χ4n) is 2.31. The first kappa shape index (κ1) is 13.5. The number of hydrogen-bond donors (Lipinski definition) is 1. The summed E-state index contributed by atoms with van der Waals surface area (Å²) in [7, 11) is 0. The first-order valence-electron chi connectivity index (χ1n) is 6.19. The quantitative estimate of drug-likeness (QED) is 0.908. The van der Waals surface area contributed by atoms with Gasteiger partial charge in [0.2, 0.25) is 5.91 Å². The van der Waals surface area contributed by atoms with Crippen LogP contribution in [-0.2, 0) is 9.59 Å². The molecule has 0 aromatic heterocycles. The third-order valence-electron chi connectivity index (χ3n) is 3.35. The van der Waals surface area contributed by atoms with E-state index in [2.05, 4.69) is 0 Å². The molecule has 2 rings (SSSR count). The molecule has 1 amide bonds. The van der Waals surface area contributed by atoms with Gasteiger partial charge < -0.3 is 10.0 Å². The number of rotatable bonds is 4. The van der Waals surface area contributed by atoms with Crippen molar-refractivity contribution in [3.63, 3.8) is 0 Å². The van der Waals surface area contributed by atoms with E-state index < -0.39 is 17.8 Å². The summed E-state index contributed by atoms with van der Waals surface area (Å²) in [4.78, 5) is 24.6. The van der Waals surface area contributed by atoms with Gasteiger partial charge in [-0.05, 0) is 43.0 Å². The van der Waals surface area contributed by atoms with Gasteiger partial charge in [-0.1, -0.05) is 6.07 Å². The van der Waals surface area contributed by atoms with Gasteiger partial charge in [0.05, 0.1) is 0 Å². The zero-order valence-electron chi connectivity index (χ0n) is 10.9. The number of halogens is 1. The van der Waals surface area contributed by atoms with Crippen LogP contribution in [-0.4, -0.2) is 27.9 Å². The number of amides is 1. The lowest BCUT2D eigenvalue weighted by molar-refractivity contribution is -0.150. The third-order valence-corrected chi connectivity index (χ3v) is 3.35. The van der Waals surface area contributed by atoms with Crippen LogP contribution in [0.25, 0.3) is 0 Å². The first-order valence-corrected chi connectivity index (χ1v) is 6.19. The summed E-state index contributed by atoms with van der Waals surface area (Å²) in [6, 6.07) is 2.87. The van der Waals surface area contributed by atoms with E-state index >= 15 is 0 Å². The molecule has 102 valence electrons. The predicted molar refractivity (Wildman–Crippen MR) is 67.1 cm³/mol. The average Bonchev–Trinajstić information content (AvgIpc) is 3.12. The molecule has 4 nitrogen and oxygen atoms in total. The standard InChI is InChI=1S/C14H16FNO3/c1-8-3-4-10(15)7-12(8)13(14(18)19)16(9(2)17)11-5-6-11/h3-4,7,11,13H,5-6H2,1-2H3,(H,18,19). The van der Waals surface area contributed by atoms with Gasteiger partial charge in [-0.15, -0.1) is 0 Å². The molecular formula is C14H16FNO3. The van der Waals surface area contributed by atoms with Crippen molar-refractivity contribution >= 4 is 11.9 Å². The maximum Gasteiger partial charge on any atom is 0.331 e. The molecule has 1 aliphatic carbocycles. The molecule has 1 atom stereocenters. The van der Waals surface area contributed by atoms with E-state index in [-0.39, 0.29) is 11.9 Å². The number of carboxylic acids is 1. The molecule has 19 heavy (non-hydrogen) atoms. The fourth-order valence-corrected chi connectivity index (χ4v) is 2.31. The summed E-state index contributed by atoms with van der Waals surface area (Å²) in [5, 5.41) is 9.42. The highest BCUT2D eigenvalue weighted by molar-refractivity contribution is 5.84. The number of carbonyl (C=O) groups is 2. The van der Waals surface area contributed by atoms with E-state index in [1.807, 2.05) is 0 Å². The number of aryl methyl sites for hydroxylation is 1. The van der Waals surface area contributed by atoms with Gasteiger partial charge in [-0.25, -0.2) is 9.18 Å². The number of benzene rings is 1. The normalized spacial score (nSPS) is 15.9. The van der Waals surface area contributed by atoms with Crippen molar-refractivity contribution in [1.82, 2.24) is 4.90 Å². The van der Waals surface area contributed by atoms with Gasteiger partial charge >= 0.3 is 5.97 Å². The van der Waals surface area contributed by atoms with E-state index in [1.165, 1.54) is 30.0 Å². The topological polar surface area (TPSA) is 57.6 Å². The highest BCUT2D eigenvalue weighted by atomic mass is 19.1. The summed E-state index contributed by atoms with van der Waals surface area (Å²) in [6.45, 7) is 3.07. The van der Waals surface area contributed by atoms with E-state index in [1.54, 1.807) is 6.92 Å². The molecule has 1 aromatic rings. The highest BCUT2D eigenvalue weighted by Crippen LogP contribution is 2.36. The lowest BCUT2D eigenvalue weighted by Crippen LogP contribution is -2.39. The summed E-state index contributed by atoms with van der Waals surface area (Å²) < 4.78 is 13.4. The van der Waals surface area contributed by atoms with Crippen LogP contribution in [0.5, 0.6) is 0 Å². The number of nitrogens with zero attached hydrogens (tertiary/aromatic N) is 1. The van der Waals surface area contributed by atoms with Crippen LogP contribution in [0.2, 0.25) is 0 Å². The average molecular weight is 265 g/mol. The molecule has 1 unspecified atom stereocenters. The monoisotopic (exact) mass is 265 g/mol. The van der Waals surface area contributed by atoms with E-state index in [0.717, 1.165) is 12.8 Å². The van der Waals surface area contributed by atoms with E-state index in [9.17, 15) is 19.1 Å². The van der Waals surface area contributed by atoms with Gasteiger partial charge in [-0.2, -0.15) is 0 Å². The molecule has 5 heteroatoms. The van der Waals surface area contributed by atoms with Gasteiger partial charge in [0.1, 0.15) is 5.82 Å². The molecule has 0 spiro atoms. The molecule has 1 aromatic carbocycles. The number of carboxylic acid groups (broad SMARTS) is 1. The molecule has 1 aliphatic rings. The second kappa shape index (κ2) is 4.99. The maximum atomic E-state index is 13.4. The Kier molecular flexibility index (Phi) is 3.55. The fraction of sp³-hybridized carbons (Fsp3) is 0.429. The van der Waals surface area contributed by atoms with Gasteiger partial charge in [0, 0.05) is 13.0 Å². The minimum atomic E-state index is -1.13. The number of aliphatic carboxylic acids is 1. The Morgan fingerprint density at radius 1 is 1.42 bits per heavy atom. The van der Waals surface area contributed by atoms with Crippen molar-refractivity contribution in [2.24, 2.45) is 0 Å².